The molecule has 0 aliphatic carbocycles. The van der Waals surface area contributed by atoms with E-state index in [2.05, 4.69) is 20.9 Å². The first kappa shape index (κ1) is 27.0. The Kier molecular flexibility index (Phi) is 9.72. The summed E-state index contributed by atoms with van der Waals surface area (Å²) in [5.74, 6) is -1.04. The summed E-state index contributed by atoms with van der Waals surface area (Å²) in [6.45, 7) is 5.38. The molecule has 0 fully saturated rings. The number of rotatable bonds is 11. The number of benzene rings is 1. The van der Waals surface area contributed by atoms with Crippen LogP contribution in [0, 0.1) is 5.92 Å². The summed E-state index contributed by atoms with van der Waals surface area (Å²) in [6, 6.07) is 15.8. The molecule has 0 aliphatic heterocycles. The first-order valence-electron chi connectivity index (χ1n) is 11.9. The summed E-state index contributed by atoms with van der Waals surface area (Å²) in [6.07, 6.45) is 0.108. The van der Waals surface area contributed by atoms with Crippen LogP contribution in [0.3, 0.4) is 0 Å². The van der Waals surface area contributed by atoms with E-state index in [0.717, 1.165) is 16.8 Å². The monoisotopic (exact) mass is 508 g/mol. The number of aromatic nitrogens is 1. The predicted molar refractivity (Wildman–Crippen MR) is 140 cm³/mol. The van der Waals surface area contributed by atoms with Crippen LogP contribution in [0.15, 0.2) is 66.2 Å². The van der Waals surface area contributed by atoms with E-state index >= 15 is 0 Å². The molecule has 36 heavy (non-hydrogen) atoms. The lowest BCUT2D eigenvalue weighted by atomic mass is 10.0. The molecule has 3 rings (SSSR count). The van der Waals surface area contributed by atoms with Crippen molar-refractivity contribution in [1.29, 1.82) is 0 Å². The lowest BCUT2D eigenvalue weighted by Gasteiger charge is -2.26. The number of carbonyl (C=O) groups is 3. The number of thiophene rings is 1. The van der Waals surface area contributed by atoms with Gasteiger partial charge in [-0.1, -0.05) is 44.2 Å². The number of hydrogen-bond donors (Lipinski definition) is 4. The molecule has 0 spiro atoms. The van der Waals surface area contributed by atoms with Gasteiger partial charge in [0.2, 0.25) is 11.8 Å². The quantitative estimate of drug-likeness (QED) is 0.297. The van der Waals surface area contributed by atoms with Gasteiger partial charge < -0.3 is 21.1 Å². The maximum Gasteiger partial charge on any atom is 0.261 e. The molecule has 9 heteroatoms. The molecule has 2 heterocycles. The van der Waals surface area contributed by atoms with Crippen molar-refractivity contribution in [2.75, 3.05) is 0 Å². The minimum absolute atomic E-state index is 0.0598. The van der Waals surface area contributed by atoms with Gasteiger partial charge in [0, 0.05) is 11.8 Å². The van der Waals surface area contributed by atoms with Crippen LogP contribution in [-0.2, 0) is 16.0 Å². The zero-order valence-corrected chi connectivity index (χ0v) is 21.4. The highest BCUT2D eigenvalue weighted by molar-refractivity contribution is 7.12. The molecule has 3 amide bonds. The van der Waals surface area contributed by atoms with E-state index in [1.807, 2.05) is 56.3 Å². The van der Waals surface area contributed by atoms with Gasteiger partial charge in [-0.05, 0) is 54.5 Å². The van der Waals surface area contributed by atoms with E-state index in [-0.39, 0.29) is 24.2 Å². The van der Waals surface area contributed by atoms with Gasteiger partial charge >= 0.3 is 0 Å². The Bertz CT molecular complexity index is 1150. The van der Waals surface area contributed by atoms with Crippen LogP contribution < -0.4 is 16.0 Å². The fourth-order valence-corrected chi connectivity index (χ4v) is 4.28. The lowest BCUT2D eigenvalue weighted by Crippen LogP contribution is -2.58. The third-order valence-electron chi connectivity index (χ3n) is 5.42. The number of nitrogens with zero attached hydrogens (tertiary/aromatic N) is 1. The van der Waals surface area contributed by atoms with E-state index in [1.54, 1.807) is 23.7 Å². The second kappa shape index (κ2) is 12.9. The predicted octanol–water partition coefficient (Wildman–Crippen LogP) is 3.14. The summed E-state index contributed by atoms with van der Waals surface area (Å²) in [4.78, 5) is 43.2. The van der Waals surface area contributed by atoms with Crippen molar-refractivity contribution in [3.05, 3.63) is 76.6 Å². The van der Waals surface area contributed by atoms with Gasteiger partial charge in [-0.15, -0.1) is 11.3 Å². The number of pyridine rings is 1. The van der Waals surface area contributed by atoms with Crippen LogP contribution in [0.2, 0.25) is 0 Å². The number of hydrogen-bond acceptors (Lipinski definition) is 6. The summed E-state index contributed by atoms with van der Waals surface area (Å²) >= 11 is 1.29. The van der Waals surface area contributed by atoms with E-state index in [4.69, 9.17) is 0 Å². The van der Waals surface area contributed by atoms with Gasteiger partial charge in [-0.25, -0.2) is 0 Å². The van der Waals surface area contributed by atoms with Gasteiger partial charge in [0.15, 0.2) is 0 Å². The molecule has 190 valence electrons. The fourth-order valence-electron chi connectivity index (χ4n) is 3.66. The number of carbonyl (C=O) groups excluding carboxylic acids is 3. The van der Waals surface area contributed by atoms with Gasteiger partial charge in [-0.2, -0.15) is 0 Å². The molecule has 0 saturated carbocycles. The van der Waals surface area contributed by atoms with Crippen LogP contribution in [0.4, 0.5) is 0 Å². The zero-order valence-electron chi connectivity index (χ0n) is 20.6. The van der Waals surface area contributed by atoms with Crippen LogP contribution in [0.1, 0.15) is 42.4 Å². The van der Waals surface area contributed by atoms with Crippen molar-refractivity contribution >= 4 is 29.1 Å². The highest BCUT2D eigenvalue weighted by atomic mass is 32.1. The van der Waals surface area contributed by atoms with E-state index in [0.29, 0.717) is 11.3 Å². The SMILES string of the molecule is CC(C)C[C@H](NC(=O)c1cccs1)C(=O)NC(NC(=O)Cc1cccc(-c2ccccn2)c1)C(C)O. The Morgan fingerprint density at radius 1 is 0.972 bits per heavy atom. The van der Waals surface area contributed by atoms with Crippen molar-refractivity contribution in [3.8, 4) is 11.3 Å². The first-order valence-corrected chi connectivity index (χ1v) is 12.7. The van der Waals surface area contributed by atoms with Crippen LogP contribution in [-0.4, -0.2) is 46.1 Å². The molecule has 0 bridgehead atoms. The van der Waals surface area contributed by atoms with Crippen LogP contribution >= 0.6 is 11.3 Å². The van der Waals surface area contributed by atoms with Gasteiger partial charge in [0.05, 0.1) is 23.1 Å². The maximum absolute atomic E-state index is 13.0. The molecule has 3 atom stereocenters. The summed E-state index contributed by atoms with van der Waals surface area (Å²) in [5, 5.41) is 20.2. The first-order chi connectivity index (χ1) is 17.2. The maximum atomic E-state index is 13.0. The Morgan fingerprint density at radius 3 is 2.42 bits per heavy atom. The van der Waals surface area contributed by atoms with Crippen molar-refractivity contribution in [2.24, 2.45) is 5.92 Å². The van der Waals surface area contributed by atoms with E-state index < -0.39 is 24.2 Å². The third kappa shape index (κ3) is 8.00. The van der Waals surface area contributed by atoms with Crippen molar-refractivity contribution in [3.63, 3.8) is 0 Å². The largest absolute Gasteiger partial charge is 0.389 e. The molecule has 2 unspecified atom stereocenters. The Hall–Kier alpha value is -3.56. The molecular weight excluding hydrogens is 476 g/mol. The highest BCUT2D eigenvalue weighted by Gasteiger charge is 2.27. The van der Waals surface area contributed by atoms with Gasteiger partial charge in [0.1, 0.15) is 12.2 Å². The average molecular weight is 509 g/mol. The number of amides is 3. The Labute approximate surface area is 215 Å². The number of nitrogens with one attached hydrogen (secondary N) is 3. The smallest absolute Gasteiger partial charge is 0.261 e. The van der Waals surface area contributed by atoms with E-state index in [9.17, 15) is 19.5 Å². The number of aliphatic hydroxyl groups is 1. The lowest BCUT2D eigenvalue weighted by molar-refractivity contribution is -0.127. The summed E-state index contributed by atoms with van der Waals surface area (Å²) in [7, 11) is 0. The second-order valence-electron chi connectivity index (χ2n) is 9.02. The van der Waals surface area contributed by atoms with Gasteiger partial charge in [0.25, 0.3) is 5.91 Å². The minimum Gasteiger partial charge on any atom is -0.389 e. The Morgan fingerprint density at radius 2 is 1.78 bits per heavy atom. The molecule has 0 radical (unpaired) electrons. The number of aliphatic hydroxyl groups excluding tert-OH is 1. The van der Waals surface area contributed by atoms with E-state index in [1.165, 1.54) is 18.3 Å². The molecule has 0 aliphatic rings. The third-order valence-corrected chi connectivity index (χ3v) is 6.29. The molecule has 4 N–H and O–H groups in total. The Balaban J connectivity index is 1.64. The summed E-state index contributed by atoms with van der Waals surface area (Å²) in [5.41, 5.74) is 2.46. The highest BCUT2D eigenvalue weighted by Crippen LogP contribution is 2.18. The standard InChI is InChI=1S/C27H32N4O4S/c1-17(2)14-22(29-27(35)23-11-7-13-36-23)26(34)31-25(18(3)32)30-24(33)16-19-8-6-9-20(15-19)21-10-4-5-12-28-21/h4-13,15,17-18,22,25,32H,14,16H2,1-3H3,(H,29,35)(H,30,33)(H,31,34)/t18?,22-,25?/m0/s1. The average Bonchev–Trinajstić information content (AvgIpc) is 3.39. The summed E-state index contributed by atoms with van der Waals surface area (Å²) < 4.78 is 0. The van der Waals surface area contributed by atoms with Crippen molar-refractivity contribution < 1.29 is 19.5 Å². The fraction of sp³-hybridized carbons (Fsp3) is 0.333. The normalized spacial score (nSPS) is 13.5. The van der Waals surface area contributed by atoms with Crippen LogP contribution in [0.25, 0.3) is 11.3 Å². The minimum atomic E-state index is -1.05. The van der Waals surface area contributed by atoms with Crippen molar-refractivity contribution in [1.82, 2.24) is 20.9 Å². The molecular formula is C27H32N4O4S. The molecule has 1 aromatic carbocycles. The topological polar surface area (TPSA) is 120 Å². The molecule has 8 nitrogen and oxygen atoms in total. The second-order valence-corrected chi connectivity index (χ2v) is 9.97. The molecule has 2 aromatic heterocycles. The molecule has 3 aromatic rings. The molecule has 0 saturated heterocycles. The van der Waals surface area contributed by atoms with Gasteiger partial charge in [-0.3, -0.25) is 19.4 Å². The zero-order chi connectivity index (χ0) is 26.1. The van der Waals surface area contributed by atoms with Crippen molar-refractivity contribution in [2.45, 2.75) is 51.9 Å². The van der Waals surface area contributed by atoms with Crippen LogP contribution in [0.5, 0.6) is 0 Å².